The van der Waals surface area contributed by atoms with E-state index in [1.54, 1.807) is 92.7 Å². The van der Waals surface area contributed by atoms with Crippen LogP contribution in [0.3, 0.4) is 0 Å². The van der Waals surface area contributed by atoms with Crippen LogP contribution in [-0.4, -0.2) is 28.9 Å². The molecule has 0 saturated carbocycles. The van der Waals surface area contributed by atoms with E-state index >= 15 is 0 Å². The highest BCUT2D eigenvalue weighted by Gasteiger charge is 2.24. The number of carbonyl (C=O) groups excluding carboxylic acids is 4. The van der Waals surface area contributed by atoms with Crippen LogP contribution in [0.2, 0.25) is 0 Å². The zero-order chi connectivity index (χ0) is 35.6. The molecule has 9 nitrogen and oxygen atoms in total. The minimum atomic E-state index is -0.629. The molecule has 0 saturated heterocycles. The smallest absolute Gasteiger partial charge is 0.272 e. The topological polar surface area (TPSA) is 140 Å². The van der Waals surface area contributed by atoms with Gasteiger partial charge in [0, 0.05) is 21.8 Å². The van der Waals surface area contributed by atoms with Crippen molar-refractivity contribution in [3.05, 3.63) is 148 Å². The maximum absolute atomic E-state index is 13.5. The molecule has 0 radical (unpaired) electrons. The van der Waals surface area contributed by atoms with Crippen molar-refractivity contribution < 1.29 is 23.6 Å². The molecule has 1 heterocycles. The first-order chi connectivity index (χ1) is 24.1. The lowest BCUT2D eigenvalue weighted by Gasteiger charge is -2.14. The summed E-state index contributed by atoms with van der Waals surface area (Å²) in [6, 6.07) is 31.7. The Hall–Kier alpha value is -6.03. The highest BCUT2D eigenvalue weighted by Crippen LogP contribution is 2.34. The van der Waals surface area contributed by atoms with E-state index in [0.717, 1.165) is 11.3 Å². The van der Waals surface area contributed by atoms with Crippen molar-refractivity contribution in [2.24, 2.45) is 0 Å². The second-order valence-electron chi connectivity index (χ2n) is 10.9. The molecule has 0 aliphatic rings. The second kappa shape index (κ2) is 16.4. The second-order valence-corrected chi connectivity index (χ2v) is 13.3. The molecule has 5 aromatic rings. The van der Waals surface area contributed by atoms with Crippen molar-refractivity contribution in [1.29, 1.82) is 5.26 Å². The van der Waals surface area contributed by atoms with Crippen LogP contribution >= 0.6 is 23.1 Å². The first-order valence-electron chi connectivity index (χ1n) is 15.2. The third kappa shape index (κ3) is 9.10. The molecule has 1 unspecified atom stereocenters. The summed E-state index contributed by atoms with van der Waals surface area (Å²) < 4.78 is 13.5. The molecule has 5 rings (SSSR count). The Labute approximate surface area is 296 Å². The Morgan fingerprint density at radius 1 is 0.820 bits per heavy atom. The van der Waals surface area contributed by atoms with E-state index < -0.39 is 22.9 Å². The number of nitrogens with zero attached hydrogens (tertiary/aromatic N) is 1. The highest BCUT2D eigenvalue weighted by molar-refractivity contribution is 8.00. The number of rotatable bonds is 11. The summed E-state index contributed by atoms with van der Waals surface area (Å²) in [5.74, 6) is -2.32. The Kier molecular flexibility index (Phi) is 11.6. The van der Waals surface area contributed by atoms with Crippen LogP contribution in [0.1, 0.15) is 43.6 Å². The fraction of sp³-hybridized carbons (Fsp3) is 0.0789. The third-order valence-corrected chi connectivity index (χ3v) is 9.52. The number of nitrogens with one attached hydrogen (secondary N) is 4. The lowest BCUT2D eigenvalue weighted by atomic mass is 10.1. The number of hydrogen-bond acceptors (Lipinski definition) is 7. The Morgan fingerprint density at radius 2 is 1.48 bits per heavy atom. The number of para-hydroxylation sites is 1. The van der Waals surface area contributed by atoms with E-state index in [0.29, 0.717) is 37.8 Å². The molecule has 4 aromatic carbocycles. The van der Waals surface area contributed by atoms with E-state index in [9.17, 15) is 28.8 Å². The normalized spacial score (nSPS) is 11.5. The molecular weight excluding hydrogens is 674 g/mol. The quantitative estimate of drug-likeness (QED) is 0.0816. The minimum absolute atomic E-state index is 0.0624. The number of hydrogen-bond donors (Lipinski definition) is 4. The number of anilines is 3. The van der Waals surface area contributed by atoms with Crippen LogP contribution in [0.4, 0.5) is 20.8 Å². The molecule has 250 valence electrons. The lowest BCUT2D eigenvalue weighted by Crippen LogP contribution is -2.30. The monoisotopic (exact) mass is 703 g/mol. The molecule has 50 heavy (non-hydrogen) atoms. The Bertz CT molecular complexity index is 2110. The van der Waals surface area contributed by atoms with Gasteiger partial charge in [0.25, 0.3) is 17.7 Å². The van der Waals surface area contributed by atoms with Crippen LogP contribution in [-0.2, 0) is 9.59 Å². The molecule has 12 heteroatoms. The van der Waals surface area contributed by atoms with Gasteiger partial charge in [-0.3, -0.25) is 19.2 Å². The van der Waals surface area contributed by atoms with Gasteiger partial charge in [0.1, 0.15) is 22.6 Å². The van der Waals surface area contributed by atoms with Crippen molar-refractivity contribution >= 4 is 69.2 Å². The summed E-state index contributed by atoms with van der Waals surface area (Å²) in [6.07, 6.45) is 1.44. The van der Waals surface area contributed by atoms with Crippen LogP contribution < -0.4 is 21.3 Å². The average Bonchev–Trinajstić information content (AvgIpc) is 3.43. The lowest BCUT2D eigenvalue weighted by molar-refractivity contribution is -0.115. The molecule has 0 aliphatic carbocycles. The van der Waals surface area contributed by atoms with Gasteiger partial charge in [0.15, 0.2) is 0 Å². The highest BCUT2D eigenvalue weighted by atomic mass is 32.2. The molecule has 1 atom stereocenters. The Balaban J connectivity index is 1.27. The molecule has 0 bridgehead atoms. The van der Waals surface area contributed by atoms with E-state index in [2.05, 4.69) is 27.3 Å². The number of amides is 4. The fourth-order valence-electron chi connectivity index (χ4n) is 4.65. The predicted molar refractivity (Wildman–Crippen MR) is 195 cm³/mol. The zero-order valence-electron chi connectivity index (χ0n) is 26.8. The molecule has 0 fully saturated rings. The largest absolute Gasteiger partial charge is 0.321 e. The number of benzene rings is 4. The minimum Gasteiger partial charge on any atom is -0.321 e. The van der Waals surface area contributed by atoms with Gasteiger partial charge in [-0.25, -0.2) is 4.39 Å². The number of halogens is 1. The molecule has 0 aliphatic heterocycles. The fourth-order valence-corrected chi connectivity index (χ4v) is 6.63. The first kappa shape index (κ1) is 35.3. The summed E-state index contributed by atoms with van der Waals surface area (Å²) in [5, 5.41) is 20.5. The SMILES string of the molecule is Cc1c(C(=O)Nc2ccccc2)sc(NC(=O)C(C)Sc2cccc(NC(=O)/C(=C\c3ccc(F)cc3)NC(=O)c3ccccc3)c2)c1C#N. The van der Waals surface area contributed by atoms with E-state index in [1.165, 1.54) is 42.1 Å². The van der Waals surface area contributed by atoms with Gasteiger partial charge in [-0.15, -0.1) is 23.1 Å². The van der Waals surface area contributed by atoms with Crippen LogP contribution in [0.25, 0.3) is 6.08 Å². The number of thioether (sulfide) groups is 1. The van der Waals surface area contributed by atoms with Crippen LogP contribution in [0.15, 0.2) is 120 Å². The van der Waals surface area contributed by atoms with Gasteiger partial charge in [-0.05, 0) is 85.6 Å². The summed E-state index contributed by atoms with van der Waals surface area (Å²) in [4.78, 5) is 53.6. The van der Waals surface area contributed by atoms with Crippen LogP contribution in [0.5, 0.6) is 0 Å². The molecule has 4 amide bonds. The van der Waals surface area contributed by atoms with Gasteiger partial charge < -0.3 is 21.3 Å². The zero-order valence-corrected chi connectivity index (χ0v) is 28.5. The maximum atomic E-state index is 13.5. The summed E-state index contributed by atoms with van der Waals surface area (Å²) >= 11 is 2.25. The number of carbonyl (C=O) groups is 4. The third-order valence-electron chi connectivity index (χ3n) is 7.22. The molecular formula is C38H30FN5O4S2. The van der Waals surface area contributed by atoms with Gasteiger partial charge in [-0.2, -0.15) is 5.26 Å². The summed E-state index contributed by atoms with van der Waals surface area (Å²) in [5.41, 5.74) is 2.48. The van der Waals surface area contributed by atoms with Gasteiger partial charge in [0.2, 0.25) is 5.91 Å². The van der Waals surface area contributed by atoms with Crippen molar-refractivity contribution in [2.45, 2.75) is 24.0 Å². The first-order valence-corrected chi connectivity index (χ1v) is 16.9. The summed E-state index contributed by atoms with van der Waals surface area (Å²) in [7, 11) is 0. The van der Waals surface area contributed by atoms with E-state index in [-0.39, 0.29) is 28.1 Å². The van der Waals surface area contributed by atoms with Crippen molar-refractivity contribution in [3.63, 3.8) is 0 Å². The van der Waals surface area contributed by atoms with Gasteiger partial charge in [0.05, 0.1) is 15.7 Å². The van der Waals surface area contributed by atoms with E-state index in [4.69, 9.17) is 0 Å². The van der Waals surface area contributed by atoms with E-state index in [1.807, 2.05) is 6.07 Å². The molecule has 0 spiro atoms. The summed E-state index contributed by atoms with van der Waals surface area (Å²) in [6.45, 7) is 3.36. The van der Waals surface area contributed by atoms with Gasteiger partial charge in [-0.1, -0.05) is 54.6 Å². The molecule has 1 aromatic heterocycles. The van der Waals surface area contributed by atoms with Gasteiger partial charge >= 0.3 is 0 Å². The molecule has 4 N–H and O–H groups in total. The number of nitriles is 1. The standard InChI is InChI=1S/C38H30FN5O4S2/c1-23-31(22-40)38(50-33(23)37(48)41-28-12-7-4-8-13-28)44-34(45)24(2)49-30-15-9-14-29(21-30)42-36(47)32(20-25-16-18-27(39)19-17-25)43-35(46)26-10-5-3-6-11-26/h3-21,24H,1-2H3,(H,41,48)(H,42,47)(H,43,46)(H,44,45)/b32-20+. The average molecular weight is 704 g/mol. The van der Waals surface area contributed by atoms with Crippen molar-refractivity contribution in [3.8, 4) is 6.07 Å². The number of thiophene rings is 1. The van der Waals surface area contributed by atoms with Crippen molar-refractivity contribution in [2.75, 3.05) is 16.0 Å². The maximum Gasteiger partial charge on any atom is 0.272 e. The predicted octanol–water partition coefficient (Wildman–Crippen LogP) is 7.85. The van der Waals surface area contributed by atoms with Crippen molar-refractivity contribution in [1.82, 2.24) is 5.32 Å². The Morgan fingerprint density at radius 3 is 2.16 bits per heavy atom. The van der Waals surface area contributed by atoms with Crippen LogP contribution in [0, 0.1) is 24.1 Å².